The Kier molecular flexibility index (Phi) is 14.9. The molecule has 0 atom stereocenters. The van der Waals surface area contributed by atoms with E-state index < -0.39 is 0 Å². The van der Waals surface area contributed by atoms with Gasteiger partial charge in [-0.2, -0.15) is 0 Å². The third kappa shape index (κ3) is 10.6. The van der Waals surface area contributed by atoms with Crippen LogP contribution in [0.25, 0.3) is 238 Å². The Morgan fingerprint density at radius 1 is 0.183 bits per heavy atom. The summed E-state index contributed by atoms with van der Waals surface area (Å²) in [7, 11) is 0. The van der Waals surface area contributed by atoms with Gasteiger partial charge in [0.2, 0.25) is 0 Å². The van der Waals surface area contributed by atoms with Crippen molar-refractivity contribution in [3.05, 3.63) is 401 Å². The molecule has 0 aliphatic rings. The molecule has 11 nitrogen and oxygen atoms in total. The summed E-state index contributed by atoms with van der Waals surface area (Å²) < 4.78 is 18.2. The van der Waals surface area contributed by atoms with Crippen molar-refractivity contribution in [1.82, 2.24) is 47.8 Å². The van der Waals surface area contributed by atoms with Crippen LogP contribution in [-0.2, 0) is 0 Å². The molecule has 0 bridgehead atoms. The molecule has 0 saturated heterocycles. The molecule has 0 spiro atoms. The number of pyridine rings is 5. The number of hydrogen-bond donors (Lipinski definition) is 0. The Bertz CT molecular complexity index is 8430. The lowest BCUT2D eigenvalue weighted by Gasteiger charge is -2.14. The minimum absolute atomic E-state index is 0.774. The summed E-state index contributed by atoms with van der Waals surface area (Å²) in [6.45, 7) is 0. The molecule has 0 N–H and O–H groups in total. The summed E-state index contributed by atoms with van der Waals surface area (Å²) in [4.78, 5) is 26.1. The minimum Gasteiger partial charge on any atom is -0.454 e. The third-order valence-corrected chi connectivity index (χ3v) is 24.4. The molecule has 0 saturated carbocycles. The summed E-state index contributed by atoms with van der Waals surface area (Å²) in [6, 6.07) is 138. The van der Waals surface area contributed by atoms with Gasteiger partial charge in [0.1, 0.15) is 28.0 Å². The number of rotatable bonds is 12. The van der Waals surface area contributed by atoms with Crippen molar-refractivity contribution < 1.29 is 4.42 Å². The molecule has 11 heterocycles. The normalized spacial score (nSPS) is 12.0. The molecule has 25 rings (SSSR count). The number of fused-ring (bicyclic) bond motifs is 18. The average Bonchev–Trinajstić information content (AvgIpc) is 1.59. The number of nitrogens with zero attached hydrogens (tertiary/aromatic N) is 10. The highest BCUT2D eigenvalue weighted by Gasteiger charge is 2.25. The van der Waals surface area contributed by atoms with Crippen LogP contribution in [0.3, 0.4) is 0 Å². The number of benzene rings is 14. The molecule has 11 aromatic heterocycles. The number of para-hydroxylation sites is 3. The molecule has 0 amide bonds. The van der Waals surface area contributed by atoms with Crippen LogP contribution in [-0.4, -0.2) is 47.8 Å². The fourth-order valence-electron chi connectivity index (χ4n) is 18.9. The average molecular weight is 1530 g/mol. The molecule has 11 heteroatoms. The van der Waals surface area contributed by atoms with Crippen LogP contribution >= 0.6 is 0 Å². The van der Waals surface area contributed by atoms with Gasteiger partial charge in [-0.15, -0.1) is 0 Å². The minimum atomic E-state index is 0.774. The second-order valence-corrected chi connectivity index (χ2v) is 31.2. The van der Waals surface area contributed by atoms with Gasteiger partial charge in [0.05, 0.1) is 77.9 Å². The molecule has 0 unspecified atom stereocenters. The third-order valence-electron chi connectivity index (χ3n) is 24.4. The first-order valence-corrected chi connectivity index (χ1v) is 40.6. The summed E-state index contributed by atoms with van der Waals surface area (Å²) in [5.74, 6) is 0.816. The Morgan fingerprint density at radius 3 is 1.19 bits per heavy atom. The lowest BCUT2D eigenvalue weighted by atomic mass is 10.00. The molecule has 0 radical (unpaired) electrons. The van der Waals surface area contributed by atoms with Gasteiger partial charge in [-0.25, -0.2) is 9.97 Å². The van der Waals surface area contributed by atoms with Crippen LogP contribution < -0.4 is 0 Å². The fourth-order valence-corrected chi connectivity index (χ4v) is 18.9. The summed E-state index contributed by atoms with van der Waals surface area (Å²) in [5.41, 5.74) is 33.4. The van der Waals surface area contributed by atoms with E-state index in [9.17, 15) is 0 Å². The topological polar surface area (TPSA) is 102 Å². The van der Waals surface area contributed by atoms with Crippen molar-refractivity contribution in [2.45, 2.75) is 0 Å². The quantitative estimate of drug-likeness (QED) is 0.121. The SMILES string of the molecule is c1ccc(-c2cc(-c3ccccc3)nc(-n3c4ccc(-c5cnc6c7ncccc7n(-c7cccc(-n8c9ccccc9c9cc(-c%10ccc%11c%12ccccc%12n(-c%12cc(-c%13ccccc%13)nc(-c%13ccccc%13)c%12)c%11c%10)ccc98)c7)c6c5)cc4c4ccc(-c5ccc6c(c5)c5ccccc5n6-c5ccc6oc7cccnc7c6c5)cc43)c2)cc1. The first-order chi connectivity index (χ1) is 59.5. The van der Waals surface area contributed by atoms with Gasteiger partial charge in [0, 0.05) is 106 Å². The predicted octanol–water partition coefficient (Wildman–Crippen LogP) is 27.7. The van der Waals surface area contributed by atoms with Crippen molar-refractivity contribution >= 4 is 131 Å². The maximum atomic E-state index is 6.26. The van der Waals surface area contributed by atoms with E-state index >= 15 is 0 Å². The summed E-state index contributed by atoms with van der Waals surface area (Å²) in [5, 5.41) is 10.2. The highest BCUT2D eigenvalue weighted by molar-refractivity contribution is 6.16. The highest BCUT2D eigenvalue weighted by Crippen LogP contribution is 2.46. The molecule has 0 aliphatic heterocycles. The van der Waals surface area contributed by atoms with Gasteiger partial charge in [-0.05, 0) is 197 Å². The van der Waals surface area contributed by atoms with Crippen molar-refractivity contribution in [3.63, 3.8) is 0 Å². The van der Waals surface area contributed by atoms with E-state index in [1.54, 1.807) is 0 Å². The Balaban J connectivity index is 0.615. The Morgan fingerprint density at radius 2 is 0.600 bits per heavy atom. The zero-order valence-electron chi connectivity index (χ0n) is 64.5. The predicted molar refractivity (Wildman–Crippen MR) is 492 cm³/mol. The second kappa shape index (κ2) is 26.6. The Labute approximate surface area is 686 Å². The van der Waals surface area contributed by atoms with E-state index in [2.05, 4.69) is 387 Å². The van der Waals surface area contributed by atoms with Crippen molar-refractivity contribution in [1.29, 1.82) is 0 Å². The van der Waals surface area contributed by atoms with E-state index in [0.29, 0.717) is 0 Å². The second-order valence-electron chi connectivity index (χ2n) is 31.2. The van der Waals surface area contributed by atoms with Crippen molar-refractivity contribution in [2.24, 2.45) is 0 Å². The van der Waals surface area contributed by atoms with Crippen LogP contribution in [0, 0.1) is 0 Å². The van der Waals surface area contributed by atoms with E-state index in [1.165, 1.54) is 26.9 Å². The monoisotopic (exact) mass is 1530 g/mol. The van der Waals surface area contributed by atoms with Gasteiger partial charge < -0.3 is 22.7 Å². The van der Waals surface area contributed by atoms with E-state index in [-0.39, 0.29) is 0 Å². The summed E-state index contributed by atoms with van der Waals surface area (Å²) in [6.07, 6.45) is 5.72. The van der Waals surface area contributed by atoms with Crippen molar-refractivity contribution in [2.75, 3.05) is 0 Å². The van der Waals surface area contributed by atoms with Crippen LogP contribution in [0.15, 0.2) is 405 Å². The van der Waals surface area contributed by atoms with Crippen LogP contribution in [0.4, 0.5) is 0 Å². The van der Waals surface area contributed by atoms with Gasteiger partial charge in [-0.1, -0.05) is 224 Å². The maximum absolute atomic E-state index is 6.26. The van der Waals surface area contributed by atoms with E-state index in [0.717, 1.165) is 211 Å². The largest absolute Gasteiger partial charge is 0.454 e. The summed E-state index contributed by atoms with van der Waals surface area (Å²) >= 11 is 0. The molecular formula is C109H66N10O. The smallest absolute Gasteiger partial charge is 0.153 e. The Hall–Kier alpha value is -16.4. The highest BCUT2D eigenvalue weighted by atomic mass is 16.3. The zero-order chi connectivity index (χ0) is 78.6. The van der Waals surface area contributed by atoms with Gasteiger partial charge in [0.25, 0.3) is 0 Å². The number of hydrogen-bond acceptors (Lipinski definition) is 6. The molecule has 0 fully saturated rings. The maximum Gasteiger partial charge on any atom is 0.153 e. The fraction of sp³-hybridized carbons (Fsp3) is 0. The standard InChI is InChI=1S/C109H66N10O/c1-5-22-67(23-6-1)76-57-91(68-24-7-2-8-25-68)114-106(61-76)119-99-50-44-73(56-89(99)86-47-41-75(59-102(86)119)72-43-49-98-88(55-72)84-34-15-18-37-96(84)116(98)80-45-51-104-90(63-80)107-105(120-104)39-21-53-110-107)77-60-103-109(112-66-77)108-100(38-20-52-111-108)117(103)79-31-19-30-78(62-79)115-95-36-17-14-33-83(95)87-54-71(42-48-97(87)115)74-40-46-85-82-32-13-16-35-94(82)118(101(85)58-74)81-64-92(69-26-9-3-10-27-69)113-93(65-81)70-28-11-4-12-29-70/h1-66H. The lowest BCUT2D eigenvalue weighted by molar-refractivity contribution is 0.668. The number of aromatic nitrogens is 10. The molecule has 14 aromatic carbocycles. The first-order valence-electron chi connectivity index (χ1n) is 40.6. The van der Waals surface area contributed by atoms with Crippen LogP contribution in [0.1, 0.15) is 0 Å². The van der Waals surface area contributed by atoms with Crippen LogP contribution in [0.5, 0.6) is 0 Å². The van der Waals surface area contributed by atoms with Gasteiger partial charge >= 0.3 is 0 Å². The lowest BCUT2D eigenvalue weighted by Crippen LogP contribution is -2.00. The molecule has 0 aliphatic carbocycles. The molecule has 120 heavy (non-hydrogen) atoms. The molecule has 558 valence electrons. The first kappa shape index (κ1) is 67.0. The molecule has 25 aromatic rings. The van der Waals surface area contributed by atoms with Gasteiger partial charge in [0.15, 0.2) is 5.58 Å². The van der Waals surface area contributed by atoms with Crippen LogP contribution in [0.2, 0.25) is 0 Å². The van der Waals surface area contributed by atoms with E-state index in [1.807, 2.05) is 36.8 Å². The molecular weight excluding hydrogens is 1470 g/mol. The number of furan rings is 1. The zero-order valence-corrected chi connectivity index (χ0v) is 64.5. The van der Waals surface area contributed by atoms with Crippen molar-refractivity contribution in [3.8, 4) is 107 Å². The van der Waals surface area contributed by atoms with E-state index in [4.69, 9.17) is 29.3 Å². The van der Waals surface area contributed by atoms with Gasteiger partial charge in [-0.3, -0.25) is 19.5 Å².